The molecular formula is C69H138N12O8S. The van der Waals surface area contributed by atoms with Crippen molar-refractivity contribution in [1.29, 1.82) is 0 Å². The van der Waals surface area contributed by atoms with E-state index in [0.29, 0.717) is 67.6 Å². The van der Waals surface area contributed by atoms with Gasteiger partial charge in [0.2, 0.25) is 0 Å². The average Bonchev–Trinajstić information content (AvgIpc) is 3.87. The van der Waals surface area contributed by atoms with E-state index in [1.807, 2.05) is 0 Å². The Balaban J connectivity index is 0.000000154. The molecule has 0 spiro atoms. The molecule has 12 aliphatic rings. The van der Waals surface area contributed by atoms with E-state index in [1.165, 1.54) is 137 Å². The minimum absolute atomic E-state index is 0.235. The van der Waals surface area contributed by atoms with E-state index in [0.717, 1.165) is 129 Å². The van der Waals surface area contributed by atoms with Crippen LogP contribution in [0.4, 0.5) is 0 Å². The van der Waals surface area contributed by atoms with Crippen molar-refractivity contribution in [2.75, 3.05) is 242 Å². The van der Waals surface area contributed by atoms with Gasteiger partial charge in [-0.25, -0.2) is 0 Å². The Bertz CT molecular complexity index is 1980. The lowest BCUT2D eigenvalue weighted by Gasteiger charge is -2.43. The van der Waals surface area contributed by atoms with Crippen LogP contribution in [0.15, 0.2) is 0 Å². The van der Waals surface area contributed by atoms with Gasteiger partial charge in [-0.15, -0.1) is 0 Å². The maximum absolute atomic E-state index is 11.8. The number of aliphatic hydroxyl groups excluding tert-OH is 1. The van der Waals surface area contributed by atoms with Crippen molar-refractivity contribution in [1.82, 2.24) is 58.8 Å². The van der Waals surface area contributed by atoms with Crippen molar-refractivity contribution in [2.24, 2.45) is 0 Å². The minimum Gasteiger partial charge on any atom is -0.389 e. The van der Waals surface area contributed by atoms with E-state index in [9.17, 15) is 9.32 Å². The van der Waals surface area contributed by atoms with Crippen LogP contribution >= 0.6 is 0 Å². The zero-order valence-corrected chi connectivity index (χ0v) is 60.7. The van der Waals surface area contributed by atoms with Crippen molar-refractivity contribution in [3.05, 3.63) is 0 Å². The number of piperazine rings is 6. The van der Waals surface area contributed by atoms with Crippen molar-refractivity contribution in [2.45, 2.75) is 200 Å². The van der Waals surface area contributed by atoms with Gasteiger partial charge in [0.05, 0.1) is 76.6 Å². The first-order chi connectivity index (χ1) is 43.2. The smallest absolute Gasteiger partial charge is 0.0981 e. The summed E-state index contributed by atoms with van der Waals surface area (Å²) < 4.78 is 44.2. The summed E-state index contributed by atoms with van der Waals surface area (Å²) in [4.78, 5) is 30.6. The third-order valence-electron chi connectivity index (χ3n) is 22.2. The Labute approximate surface area is 551 Å². The summed E-state index contributed by atoms with van der Waals surface area (Å²) in [6.45, 7) is 64.4. The fraction of sp³-hybridized carbons (Fsp3) is 0.986. The van der Waals surface area contributed by atoms with Crippen LogP contribution in [0.2, 0.25) is 0 Å². The SMILES string of the molecule is C=S1(=O)CCC(N2CCN(C(C)C)CC2)CC1.CC(C)N1CCN(C2CCOC2)CC1.CC(C)N1CCN(C2CCOCC2)CC1.CC(C)N1CCN(C2COC2)CC1.CC(C)N1CCN(C2COCC2O)CC1.COC1COCC1N1CCN(C(C)C)CC1. The average molecular weight is 1300 g/mol. The highest BCUT2D eigenvalue weighted by Gasteiger charge is 2.37. The third-order valence-corrected chi connectivity index (χ3v) is 24.1. The summed E-state index contributed by atoms with van der Waals surface area (Å²) in [7, 11) is 0.0728. The van der Waals surface area contributed by atoms with Gasteiger partial charge in [0, 0.05) is 250 Å². The van der Waals surface area contributed by atoms with Crippen molar-refractivity contribution in [3.8, 4) is 0 Å². The van der Waals surface area contributed by atoms with Crippen LogP contribution in [0.25, 0.3) is 0 Å². The molecule has 528 valence electrons. The molecule has 5 unspecified atom stereocenters. The topological polar surface area (TPSA) is 132 Å². The van der Waals surface area contributed by atoms with Crippen LogP contribution in [0.5, 0.6) is 0 Å². The van der Waals surface area contributed by atoms with Crippen LogP contribution in [0.3, 0.4) is 0 Å². The van der Waals surface area contributed by atoms with E-state index >= 15 is 0 Å². The quantitative estimate of drug-likeness (QED) is 0.270. The van der Waals surface area contributed by atoms with Gasteiger partial charge in [-0.3, -0.25) is 63.0 Å². The van der Waals surface area contributed by atoms with Gasteiger partial charge in [-0.1, -0.05) is 0 Å². The molecule has 1 N–H and O–H groups in total. The van der Waals surface area contributed by atoms with Gasteiger partial charge in [-0.2, -0.15) is 0 Å². The summed E-state index contributed by atoms with van der Waals surface area (Å²) in [5.41, 5.74) is 0. The summed E-state index contributed by atoms with van der Waals surface area (Å²) in [6.07, 6.45) is 5.88. The second kappa shape index (κ2) is 39.6. The van der Waals surface area contributed by atoms with Gasteiger partial charge in [-0.05, 0) is 131 Å². The maximum Gasteiger partial charge on any atom is 0.0981 e. The number of nitrogens with zero attached hydrogens (tertiary/aromatic N) is 12. The number of ether oxygens (including phenoxy) is 6. The Morgan fingerprint density at radius 3 is 0.956 bits per heavy atom. The monoisotopic (exact) mass is 1300 g/mol. The molecule has 12 rings (SSSR count). The first kappa shape index (κ1) is 76.6. The molecule has 12 saturated heterocycles. The van der Waals surface area contributed by atoms with E-state index in [1.54, 1.807) is 7.11 Å². The van der Waals surface area contributed by atoms with E-state index < -0.39 is 9.52 Å². The third kappa shape index (κ3) is 24.7. The van der Waals surface area contributed by atoms with Crippen molar-refractivity contribution < 1.29 is 37.7 Å². The predicted molar refractivity (Wildman–Crippen MR) is 371 cm³/mol. The molecule has 21 heteroatoms. The second-order valence-electron chi connectivity index (χ2n) is 29.7. The number of methoxy groups -OCH3 is 1. The molecule has 12 heterocycles. The standard InChI is InChI=1S/C13H26N2OS.C12H24N2O2.C12H24N2O.C11H22N2O2.C11H22N2O.C10H20N2O/c1-12(2)14-6-8-15(9-7-14)13-4-10-17(3,16)11-5-13;1-10(2)13-4-6-14(7-5-13)11-8-16-9-12(11)15-3;1-11(2)13-5-7-14(8-6-13)12-3-9-15-10-4-12;1-9(2)12-3-5-13(6-4-12)10-7-15-8-11(10)14;1-10(2)12-4-6-13(7-5-12)11-3-8-14-9-11;1-9(2)11-3-5-12(6-4-11)10-7-13-8-10/h12-13H,3-11H2,1-2H3;10-12H,4-9H2,1-3H3;11-12H,3-10H2,1-2H3;9-11,14H,3-8H2,1-2H3;10-11H,3-9H2,1-2H3;9-10H,3-8H2,1-2H3. The summed E-state index contributed by atoms with van der Waals surface area (Å²) in [6, 6.07) is 7.71. The lowest BCUT2D eigenvalue weighted by atomic mass is 10.1. The molecule has 0 saturated carbocycles. The molecule has 5 atom stereocenters. The van der Waals surface area contributed by atoms with Crippen molar-refractivity contribution >= 4 is 15.4 Å². The highest BCUT2D eigenvalue weighted by atomic mass is 32.2. The molecule has 0 amide bonds. The van der Waals surface area contributed by atoms with Gasteiger partial charge >= 0.3 is 0 Å². The second-order valence-corrected chi connectivity index (χ2v) is 32.5. The lowest BCUT2D eigenvalue weighted by molar-refractivity contribution is -0.0787. The highest BCUT2D eigenvalue weighted by molar-refractivity contribution is 8.00. The normalized spacial score (nSPS) is 32.4. The van der Waals surface area contributed by atoms with E-state index in [4.69, 9.17) is 28.4 Å². The number of hydrogen-bond acceptors (Lipinski definition) is 20. The first-order valence-electron chi connectivity index (χ1n) is 36.5. The van der Waals surface area contributed by atoms with Crippen LogP contribution in [-0.4, -0.2) is 400 Å². The number of rotatable bonds is 13. The molecule has 90 heavy (non-hydrogen) atoms. The molecular weight excluding hydrogens is 1160 g/mol. The Morgan fingerprint density at radius 1 is 0.344 bits per heavy atom. The van der Waals surface area contributed by atoms with Crippen LogP contribution < -0.4 is 0 Å². The molecule has 12 fully saturated rings. The van der Waals surface area contributed by atoms with Crippen LogP contribution in [0.1, 0.15) is 115 Å². The number of hydrogen-bond donors (Lipinski definition) is 1. The summed E-state index contributed by atoms with van der Waals surface area (Å²) >= 11 is 0. The Morgan fingerprint density at radius 2 is 0.633 bits per heavy atom. The van der Waals surface area contributed by atoms with E-state index in [-0.39, 0.29) is 18.2 Å². The van der Waals surface area contributed by atoms with Gasteiger partial charge in [0.25, 0.3) is 0 Å². The van der Waals surface area contributed by atoms with Crippen LogP contribution in [-0.2, 0) is 37.9 Å². The van der Waals surface area contributed by atoms with Crippen LogP contribution in [0, 0.1) is 0 Å². The summed E-state index contributed by atoms with van der Waals surface area (Å²) in [5.74, 6) is 5.52. The molecule has 0 radical (unpaired) electrons. The minimum atomic E-state index is -1.72. The zero-order chi connectivity index (χ0) is 64.7. The highest BCUT2D eigenvalue weighted by Crippen LogP contribution is 2.24. The largest absolute Gasteiger partial charge is 0.389 e. The number of aliphatic hydroxyl groups is 1. The fourth-order valence-corrected chi connectivity index (χ4v) is 16.8. The van der Waals surface area contributed by atoms with Gasteiger partial charge in [0.1, 0.15) is 0 Å². The maximum atomic E-state index is 11.8. The lowest BCUT2D eigenvalue weighted by Crippen LogP contribution is -2.57. The molecule has 0 aromatic heterocycles. The fourth-order valence-electron chi connectivity index (χ4n) is 15.2. The first-order valence-corrected chi connectivity index (χ1v) is 38.6. The summed E-state index contributed by atoms with van der Waals surface area (Å²) in [5, 5.41) is 9.74. The molecule has 12 aliphatic heterocycles. The predicted octanol–water partition coefficient (Wildman–Crippen LogP) is 3.49. The Kier molecular flexibility index (Phi) is 33.7. The Hall–Kier alpha value is -0.740. The molecule has 0 aromatic rings. The zero-order valence-electron chi connectivity index (χ0n) is 59.9. The molecule has 20 nitrogen and oxygen atoms in total. The molecule has 0 bridgehead atoms. The van der Waals surface area contributed by atoms with Gasteiger partial charge in [0.15, 0.2) is 0 Å². The molecule has 0 aromatic carbocycles. The van der Waals surface area contributed by atoms with Crippen molar-refractivity contribution in [3.63, 3.8) is 0 Å². The molecule has 0 aliphatic carbocycles. The van der Waals surface area contributed by atoms with Gasteiger partial charge < -0.3 is 33.5 Å². The van der Waals surface area contributed by atoms with E-state index in [2.05, 4.69) is 148 Å².